The molecular formula is C5H12N4OS. The molecule has 0 spiro atoms. The fourth-order valence-corrected chi connectivity index (χ4v) is 0.817. The van der Waals surface area contributed by atoms with E-state index in [0.717, 1.165) is 0 Å². The largest absolute Gasteiger partial charge is 0.370 e. The van der Waals surface area contributed by atoms with Gasteiger partial charge in [-0.25, -0.2) is 4.99 Å². The van der Waals surface area contributed by atoms with Crippen molar-refractivity contribution in [2.24, 2.45) is 22.2 Å². The zero-order chi connectivity index (χ0) is 8.85. The van der Waals surface area contributed by atoms with Crippen molar-refractivity contribution in [2.45, 2.75) is 12.5 Å². The van der Waals surface area contributed by atoms with Crippen molar-refractivity contribution in [1.82, 2.24) is 0 Å². The molecule has 0 fully saturated rings. The number of carbonyl (C=O) groups is 1. The molecule has 0 rings (SSSR count). The normalized spacial score (nSPS) is 12.1. The Morgan fingerprint density at radius 2 is 2.00 bits per heavy atom. The lowest BCUT2D eigenvalue weighted by molar-refractivity contribution is -0.119. The number of nitrogens with zero attached hydrogens (tertiary/aromatic N) is 1. The summed E-state index contributed by atoms with van der Waals surface area (Å²) in [7, 11) is 0. The van der Waals surface area contributed by atoms with E-state index >= 15 is 0 Å². The van der Waals surface area contributed by atoms with Gasteiger partial charge in [0, 0.05) is 0 Å². The molecule has 6 N–H and O–H groups in total. The van der Waals surface area contributed by atoms with Crippen LogP contribution in [0, 0.1) is 0 Å². The second kappa shape index (κ2) is 4.84. The van der Waals surface area contributed by atoms with Gasteiger partial charge in [0.1, 0.15) is 6.04 Å². The molecule has 64 valence electrons. The third kappa shape index (κ3) is 4.49. The lowest BCUT2D eigenvalue weighted by Crippen LogP contribution is -2.33. The number of primary amides is 1. The molecule has 0 aromatic carbocycles. The zero-order valence-electron chi connectivity index (χ0n) is 6.03. The van der Waals surface area contributed by atoms with E-state index in [2.05, 4.69) is 17.6 Å². The van der Waals surface area contributed by atoms with Gasteiger partial charge >= 0.3 is 0 Å². The fourth-order valence-electron chi connectivity index (χ4n) is 0.573. The lowest BCUT2D eigenvalue weighted by Gasteiger charge is -2.05. The van der Waals surface area contributed by atoms with E-state index in [1.165, 1.54) is 0 Å². The summed E-state index contributed by atoms with van der Waals surface area (Å²) in [6, 6.07) is -0.641. The van der Waals surface area contributed by atoms with Crippen molar-refractivity contribution in [3.05, 3.63) is 0 Å². The Kier molecular flexibility index (Phi) is 4.44. The Balaban J connectivity index is 4.11. The Bertz CT molecular complexity index is 166. The van der Waals surface area contributed by atoms with Crippen molar-refractivity contribution in [2.75, 3.05) is 5.75 Å². The van der Waals surface area contributed by atoms with E-state index in [4.69, 9.17) is 17.2 Å². The second-order valence-corrected chi connectivity index (χ2v) is 2.43. The molecule has 0 aliphatic carbocycles. The van der Waals surface area contributed by atoms with Crippen LogP contribution in [0.3, 0.4) is 0 Å². The van der Waals surface area contributed by atoms with E-state index in [1.807, 2.05) is 0 Å². The van der Waals surface area contributed by atoms with Gasteiger partial charge < -0.3 is 17.2 Å². The average molecular weight is 176 g/mol. The number of hydrogen-bond acceptors (Lipinski definition) is 3. The molecule has 5 nitrogen and oxygen atoms in total. The molecule has 0 saturated heterocycles. The van der Waals surface area contributed by atoms with Gasteiger partial charge in [-0.05, 0) is 12.2 Å². The maximum Gasteiger partial charge on any atom is 0.242 e. The first-order chi connectivity index (χ1) is 5.07. The molecule has 1 unspecified atom stereocenters. The van der Waals surface area contributed by atoms with Gasteiger partial charge in [-0.1, -0.05) is 0 Å². The van der Waals surface area contributed by atoms with Gasteiger partial charge in [0.25, 0.3) is 0 Å². The van der Waals surface area contributed by atoms with Gasteiger partial charge in [0.15, 0.2) is 5.96 Å². The molecule has 1 amide bonds. The van der Waals surface area contributed by atoms with Gasteiger partial charge in [-0.3, -0.25) is 4.79 Å². The van der Waals surface area contributed by atoms with Crippen LogP contribution < -0.4 is 17.2 Å². The van der Waals surface area contributed by atoms with Crippen LogP contribution in [0.2, 0.25) is 0 Å². The van der Waals surface area contributed by atoms with Crippen LogP contribution in [0.4, 0.5) is 0 Å². The van der Waals surface area contributed by atoms with E-state index < -0.39 is 11.9 Å². The van der Waals surface area contributed by atoms with Gasteiger partial charge in [-0.2, -0.15) is 12.6 Å². The summed E-state index contributed by atoms with van der Waals surface area (Å²) in [5.41, 5.74) is 15.1. The smallest absolute Gasteiger partial charge is 0.242 e. The number of hydrogen-bond donors (Lipinski definition) is 4. The van der Waals surface area contributed by atoms with E-state index in [-0.39, 0.29) is 5.96 Å². The zero-order valence-corrected chi connectivity index (χ0v) is 6.92. The highest BCUT2D eigenvalue weighted by Crippen LogP contribution is 1.97. The van der Waals surface area contributed by atoms with E-state index in [9.17, 15) is 4.79 Å². The Morgan fingerprint density at radius 3 is 2.27 bits per heavy atom. The molecule has 0 heterocycles. The maximum absolute atomic E-state index is 10.6. The van der Waals surface area contributed by atoms with Crippen molar-refractivity contribution in [1.29, 1.82) is 0 Å². The van der Waals surface area contributed by atoms with Crippen LogP contribution in [0.1, 0.15) is 6.42 Å². The molecule has 11 heavy (non-hydrogen) atoms. The summed E-state index contributed by atoms with van der Waals surface area (Å²) in [6.07, 6.45) is 0.455. The maximum atomic E-state index is 10.6. The summed E-state index contributed by atoms with van der Waals surface area (Å²) >= 11 is 3.92. The summed E-state index contributed by atoms with van der Waals surface area (Å²) in [5.74, 6) is -0.146. The van der Waals surface area contributed by atoms with Crippen LogP contribution in [-0.4, -0.2) is 23.7 Å². The molecule has 0 aliphatic heterocycles. The first-order valence-corrected chi connectivity index (χ1v) is 3.70. The molecule has 0 radical (unpaired) electrons. The summed E-state index contributed by atoms with van der Waals surface area (Å²) in [5, 5.41) is 0. The quantitative estimate of drug-likeness (QED) is 0.236. The molecule has 0 aromatic rings. The highest BCUT2D eigenvalue weighted by Gasteiger charge is 2.11. The summed E-state index contributed by atoms with van der Waals surface area (Å²) < 4.78 is 0. The lowest BCUT2D eigenvalue weighted by atomic mass is 10.2. The third-order valence-corrected chi connectivity index (χ3v) is 1.29. The van der Waals surface area contributed by atoms with Crippen molar-refractivity contribution >= 4 is 24.5 Å². The predicted octanol–water partition coefficient (Wildman–Crippen LogP) is -1.57. The predicted molar refractivity (Wildman–Crippen MR) is 47.3 cm³/mol. The van der Waals surface area contributed by atoms with Crippen LogP contribution in [0.5, 0.6) is 0 Å². The van der Waals surface area contributed by atoms with Crippen molar-refractivity contribution < 1.29 is 4.79 Å². The fraction of sp³-hybridized carbons (Fsp3) is 0.600. The molecule has 0 saturated carbocycles. The third-order valence-electron chi connectivity index (χ3n) is 1.04. The number of thiol groups is 1. The van der Waals surface area contributed by atoms with Gasteiger partial charge in [-0.15, -0.1) is 0 Å². The second-order valence-electron chi connectivity index (χ2n) is 1.98. The number of aliphatic imine (C=N–C) groups is 1. The minimum Gasteiger partial charge on any atom is -0.370 e. The molecule has 0 aromatic heterocycles. The van der Waals surface area contributed by atoms with Crippen LogP contribution in [0.25, 0.3) is 0 Å². The number of guanidine groups is 1. The Hall–Kier alpha value is -0.910. The van der Waals surface area contributed by atoms with Gasteiger partial charge in [0.2, 0.25) is 5.91 Å². The standard InChI is InChI=1S/C5H12N4OS/c6-4(10)3(1-2-11)9-5(7)8/h3,11H,1-2H2,(H2,6,10)(H4,7,8,9). The number of rotatable bonds is 4. The molecule has 1 atom stereocenters. The highest BCUT2D eigenvalue weighted by atomic mass is 32.1. The van der Waals surface area contributed by atoms with Crippen LogP contribution >= 0.6 is 12.6 Å². The summed E-state index contributed by atoms with van der Waals surface area (Å²) in [4.78, 5) is 14.2. The first kappa shape index (κ1) is 10.1. The van der Waals surface area contributed by atoms with E-state index in [1.54, 1.807) is 0 Å². The van der Waals surface area contributed by atoms with Crippen molar-refractivity contribution in [3.63, 3.8) is 0 Å². The van der Waals surface area contributed by atoms with Crippen LogP contribution in [0.15, 0.2) is 4.99 Å². The number of carbonyl (C=O) groups excluding carboxylic acids is 1. The number of amides is 1. The molecular weight excluding hydrogens is 164 g/mol. The first-order valence-electron chi connectivity index (χ1n) is 3.07. The average Bonchev–Trinajstić information content (AvgIpc) is 1.86. The van der Waals surface area contributed by atoms with Crippen molar-refractivity contribution in [3.8, 4) is 0 Å². The van der Waals surface area contributed by atoms with Gasteiger partial charge in [0.05, 0.1) is 0 Å². The molecule has 0 bridgehead atoms. The Labute approximate surface area is 70.4 Å². The SMILES string of the molecule is NC(=O)C(CCS)N=C(N)N. The molecule has 0 aliphatic rings. The molecule has 6 heteroatoms. The number of nitrogens with two attached hydrogens (primary N) is 3. The monoisotopic (exact) mass is 176 g/mol. The Morgan fingerprint density at radius 1 is 1.45 bits per heavy atom. The minimum absolute atomic E-state index is 0.129. The van der Waals surface area contributed by atoms with E-state index in [0.29, 0.717) is 12.2 Å². The highest BCUT2D eigenvalue weighted by molar-refractivity contribution is 7.80. The summed E-state index contributed by atoms with van der Waals surface area (Å²) in [6.45, 7) is 0. The minimum atomic E-state index is -0.641. The van der Waals surface area contributed by atoms with Crippen LogP contribution in [-0.2, 0) is 4.79 Å². The topological polar surface area (TPSA) is 107 Å².